The van der Waals surface area contributed by atoms with Gasteiger partial charge in [0.1, 0.15) is 0 Å². The van der Waals surface area contributed by atoms with Gasteiger partial charge in [-0.05, 0) is 37.6 Å². The Labute approximate surface area is 164 Å². The minimum Gasteiger partial charge on any atom is -0.273 e. The molecule has 7 heteroatoms. The van der Waals surface area contributed by atoms with Gasteiger partial charge in [0, 0.05) is 0 Å². The second-order valence-corrected chi connectivity index (χ2v) is 9.19. The Balaban J connectivity index is 2.00. The monoisotopic (exact) mass is 402 g/mol. The Hall–Kier alpha value is -2.12. The van der Waals surface area contributed by atoms with Crippen LogP contribution in [0.1, 0.15) is 31.7 Å². The molecule has 1 atom stereocenters. The van der Waals surface area contributed by atoms with Crippen LogP contribution in [0, 0.1) is 6.92 Å². The molecule has 1 fully saturated rings. The van der Waals surface area contributed by atoms with Crippen LogP contribution in [0.25, 0.3) is 0 Å². The average Bonchev–Trinajstić information content (AvgIpc) is 2.95. The maximum absolute atomic E-state index is 12.9. The van der Waals surface area contributed by atoms with E-state index in [1.54, 1.807) is 24.3 Å². The fraction of sp³-hybridized carbons (Fsp3) is 0.300. The summed E-state index contributed by atoms with van der Waals surface area (Å²) in [5.74, 6) is -0.113. The minimum absolute atomic E-state index is 0.113. The van der Waals surface area contributed by atoms with Crippen LogP contribution in [0.2, 0.25) is 0 Å². The molecule has 0 radical (unpaired) electrons. The van der Waals surface area contributed by atoms with Gasteiger partial charge in [-0.3, -0.25) is 9.69 Å². The molecule has 0 saturated carbocycles. The van der Waals surface area contributed by atoms with Gasteiger partial charge in [0.25, 0.3) is 10.0 Å². The number of amidine groups is 1. The van der Waals surface area contributed by atoms with E-state index >= 15 is 0 Å². The minimum atomic E-state index is -3.90. The molecule has 1 saturated heterocycles. The highest BCUT2D eigenvalue weighted by atomic mass is 32.2. The molecule has 0 N–H and O–H groups in total. The summed E-state index contributed by atoms with van der Waals surface area (Å²) in [4.78, 5) is 14.5. The maximum atomic E-state index is 12.9. The second kappa shape index (κ2) is 8.27. The van der Waals surface area contributed by atoms with Crippen molar-refractivity contribution < 1.29 is 13.2 Å². The lowest BCUT2D eigenvalue weighted by Gasteiger charge is -2.16. The molecule has 2 aromatic carbocycles. The largest absolute Gasteiger partial charge is 0.284 e. The van der Waals surface area contributed by atoms with Crippen molar-refractivity contribution in [2.45, 2.75) is 43.3 Å². The van der Waals surface area contributed by atoms with E-state index in [1.807, 2.05) is 25.1 Å². The van der Waals surface area contributed by atoms with E-state index in [2.05, 4.69) is 11.3 Å². The lowest BCUT2D eigenvalue weighted by atomic mass is 10.2. The molecule has 27 heavy (non-hydrogen) atoms. The topological polar surface area (TPSA) is 66.8 Å². The first kappa shape index (κ1) is 19.6. The number of nitrogens with zero attached hydrogens (tertiary/aromatic N) is 2. The van der Waals surface area contributed by atoms with E-state index in [4.69, 9.17) is 0 Å². The maximum Gasteiger partial charge on any atom is 0.284 e. The van der Waals surface area contributed by atoms with Crippen LogP contribution >= 0.6 is 11.8 Å². The van der Waals surface area contributed by atoms with Crippen LogP contribution in [0.4, 0.5) is 5.69 Å². The Morgan fingerprint density at radius 1 is 1.07 bits per heavy atom. The van der Waals surface area contributed by atoms with Crippen molar-refractivity contribution in [1.29, 1.82) is 0 Å². The third-order valence-electron chi connectivity index (χ3n) is 4.29. The summed E-state index contributed by atoms with van der Waals surface area (Å²) in [7, 11) is -3.90. The van der Waals surface area contributed by atoms with Crippen LogP contribution in [0.3, 0.4) is 0 Å². The second-order valence-electron chi connectivity index (χ2n) is 6.42. The number of sulfonamides is 1. The number of carbonyl (C=O) groups excluding carboxylic acids is 1. The molecule has 5 nitrogen and oxygen atoms in total. The number of anilines is 1. The fourth-order valence-electron chi connectivity index (χ4n) is 2.78. The summed E-state index contributed by atoms with van der Waals surface area (Å²) in [6.45, 7) is 3.96. The van der Waals surface area contributed by atoms with Crippen molar-refractivity contribution in [1.82, 2.24) is 0 Å². The summed E-state index contributed by atoms with van der Waals surface area (Å²) in [5.41, 5.74) is 1.60. The van der Waals surface area contributed by atoms with Gasteiger partial charge in [0.05, 0.1) is 15.8 Å². The van der Waals surface area contributed by atoms with Crippen molar-refractivity contribution in [2.24, 2.45) is 4.40 Å². The fourth-order valence-corrected chi connectivity index (χ4v) is 5.17. The predicted octanol–water partition coefficient (Wildman–Crippen LogP) is 4.38. The molecule has 0 spiro atoms. The predicted molar refractivity (Wildman–Crippen MR) is 111 cm³/mol. The zero-order valence-electron chi connectivity index (χ0n) is 15.3. The van der Waals surface area contributed by atoms with Gasteiger partial charge in [-0.2, -0.15) is 8.42 Å². The zero-order chi connectivity index (χ0) is 19.4. The van der Waals surface area contributed by atoms with Crippen LogP contribution in [-0.2, 0) is 14.8 Å². The number of amides is 1. The lowest BCUT2D eigenvalue weighted by molar-refractivity contribution is -0.117. The summed E-state index contributed by atoms with van der Waals surface area (Å²) in [5, 5.41) is -0.0926. The van der Waals surface area contributed by atoms with Crippen LogP contribution in [0.15, 0.2) is 63.9 Å². The zero-order valence-corrected chi connectivity index (χ0v) is 17.0. The van der Waals surface area contributed by atoms with E-state index in [9.17, 15) is 13.2 Å². The van der Waals surface area contributed by atoms with Crippen molar-refractivity contribution in [2.75, 3.05) is 4.90 Å². The highest BCUT2D eigenvalue weighted by Gasteiger charge is 2.39. The molecule has 1 unspecified atom stereocenters. The van der Waals surface area contributed by atoms with Gasteiger partial charge >= 0.3 is 0 Å². The lowest BCUT2D eigenvalue weighted by Crippen LogP contribution is -2.32. The molecule has 1 amide bonds. The number of hydrogen-bond acceptors (Lipinski definition) is 4. The smallest absolute Gasteiger partial charge is 0.273 e. The molecule has 2 aromatic rings. The SMILES string of the molecule is CCCCC1SC(=NS(=O)(=O)c2ccc(C)cc2)N(c2ccccc2)C1=O. The van der Waals surface area contributed by atoms with Gasteiger partial charge in [-0.15, -0.1) is 4.40 Å². The number of para-hydroxylation sites is 1. The number of unbranched alkanes of at least 4 members (excludes halogenated alkanes) is 1. The van der Waals surface area contributed by atoms with Gasteiger partial charge in [-0.25, -0.2) is 0 Å². The Morgan fingerprint density at radius 2 is 1.74 bits per heavy atom. The van der Waals surface area contributed by atoms with Crippen LogP contribution in [-0.4, -0.2) is 24.7 Å². The molecular formula is C20H22N2O3S2. The molecule has 1 aliphatic rings. The molecule has 1 heterocycles. The molecular weight excluding hydrogens is 380 g/mol. The summed E-state index contributed by atoms with van der Waals surface area (Å²) in [6.07, 6.45) is 2.58. The van der Waals surface area contributed by atoms with Crippen molar-refractivity contribution >= 4 is 38.5 Å². The molecule has 0 bridgehead atoms. The number of benzene rings is 2. The van der Waals surface area contributed by atoms with E-state index in [0.29, 0.717) is 12.1 Å². The first-order chi connectivity index (χ1) is 12.9. The Kier molecular flexibility index (Phi) is 6.01. The molecule has 1 aliphatic heterocycles. The van der Waals surface area contributed by atoms with E-state index in [0.717, 1.165) is 18.4 Å². The highest BCUT2D eigenvalue weighted by Crippen LogP contribution is 2.35. The molecule has 0 aromatic heterocycles. The Bertz CT molecular complexity index is 939. The van der Waals surface area contributed by atoms with Gasteiger partial charge in [-0.1, -0.05) is 67.4 Å². The van der Waals surface area contributed by atoms with Gasteiger partial charge in [0.2, 0.25) is 5.91 Å². The summed E-state index contributed by atoms with van der Waals surface area (Å²) < 4.78 is 29.6. The number of carbonyl (C=O) groups is 1. The number of hydrogen-bond donors (Lipinski definition) is 0. The first-order valence-corrected chi connectivity index (χ1v) is 11.2. The first-order valence-electron chi connectivity index (χ1n) is 8.89. The third-order valence-corrected chi connectivity index (χ3v) is 6.89. The number of rotatable bonds is 6. The number of thioether (sulfide) groups is 1. The third kappa shape index (κ3) is 4.42. The van der Waals surface area contributed by atoms with Crippen LogP contribution < -0.4 is 4.90 Å². The molecule has 3 rings (SSSR count). The Morgan fingerprint density at radius 3 is 2.37 bits per heavy atom. The average molecular weight is 403 g/mol. The van der Waals surface area contributed by atoms with Gasteiger partial charge in [0.15, 0.2) is 5.17 Å². The highest BCUT2D eigenvalue weighted by molar-refractivity contribution is 8.16. The standard InChI is InChI=1S/C20H22N2O3S2/c1-3-4-10-18-19(23)22(16-8-6-5-7-9-16)20(26-18)21-27(24,25)17-13-11-15(2)12-14-17/h5-9,11-14,18H,3-4,10H2,1-2H3. The van der Waals surface area contributed by atoms with E-state index in [-0.39, 0.29) is 21.2 Å². The van der Waals surface area contributed by atoms with E-state index < -0.39 is 10.0 Å². The van der Waals surface area contributed by atoms with Gasteiger partial charge < -0.3 is 0 Å². The van der Waals surface area contributed by atoms with Crippen LogP contribution in [0.5, 0.6) is 0 Å². The summed E-state index contributed by atoms with van der Waals surface area (Å²) in [6, 6.07) is 15.6. The molecule has 0 aliphatic carbocycles. The van der Waals surface area contributed by atoms with Crippen molar-refractivity contribution in [3.63, 3.8) is 0 Å². The molecule has 142 valence electrons. The normalized spacial score (nSPS) is 19.0. The number of aryl methyl sites for hydroxylation is 1. The van der Waals surface area contributed by atoms with E-state index in [1.165, 1.54) is 28.8 Å². The van der Waals surface area contributed by atoms with Crippen molar-refractivity contribution in [3.8, 4) is 0 Å². The summed E-state index contributed by atoms with van der Waals surface area (Å²) >= 11 is 1.23. The van der Waals surface area contributed by atoms with Crippen molar-refractivity contribution in [3.05, 3.63) is 60.2 Å². The quantitative estimate of drug-likeness (QED) is 0.719.